The van der Waals surface area contributed by atoms with Crippen LogP contribution in [0.4, 0.5) is 17.1 Å². The van der Waals surface area contributed by atoms with Gasteiger partial charge >= 0.3 is 0 Å². The van der Waals surface area contributed by atoms with Crippen molar-refractivity contribution < 1.29 is 4.42 Å². The Kier molecular flexibility index (Phi) is 7.53. The van der Waals surface area contributed by atoms with Gasteiger partial charge in [0.1, 0.15) is 11.2 Å². The van der Waals surface area contributed by atoms with Crippen LogP contribution in [-0.2, 0) is 0 Å². The molecule has 0 amide bonds. The molecule has 0 saturated heterocycles. The lowest BCUT2D eigenvalue weighted by atomic mass is 9.96. The van der Waals surface area contributed by atoms with Gasteiger partial charge in [-0.25, -0.2) is 0 Å². The summed E-state index contributed by atoms with van der Waals surface area (Å²) in [6, 6.07) is 76.6. The summed E-state index contributed by atoms with van der Waals surface area (Å²) in [4.78, 5) is 2.37. The lowest BCUT2D eigenvalue weighted by molar-refractivity contribution is 0.669. The average molecular weight is 714 g/mol. The van der Waals surface area contributed by atoms with Crippen molar-refractivity contribution in [3.8, 4) is 33.4 Å². The highest BCUT2D eigenvalue weighted by Crippen LogP contribution is 2.41. The number of benzene rings is 10. The summed E-state index contributed by atoms with van der Waals surface area (Å²) in [6.07, 6.45) is 0. The predicted molar refractivity (Wildman–Crippen MR) is 237 cm³/mol. The van der Waals surface area contributed by atoms with Crippen LogP contribution in [0.25, 0.3) is 87.6 Å². The number of para-hydroxylation sites is 1. The molecule has 2 nitrogen and oxygen atoms in total. The first-order valence-electron chi connectivity index (χ1n) is 19.2. The molecule has 1 aromatic heterocycles. The molecule has 11 rings (SSSR count). The SMILES string of the molecule is c1ccc(-c2ccc(N(c3cccc(-c4ccc5ccccc5c4)c3)c3ccc4cc(-c5ccc6ccc7oc8ccccc8c7c6c5)ccc4c3)cc2)cc1. The largest absolute Gasteiger partial charge is 0.456 e. The number of hydrogen-bond donors (Lipinski definition) is 0. The average Bonchev–Trinajstić information content (AvgIpc) is 3.66. The van der Waals surface area contributed by atoms with Crippen LogP contribution >= 0.6 is 0 Å². The van der Waals surface area contributed by atoms with E-state index in [-0.39, 0.29) is 0 Å². The summed E-state index contributed by atoms with van der Waals surface area (Å²) >= 11 is 0. The van der Waals surface area contributed by atoms with Crippen molar-refractivity contribution in [1.82, 2.24) is 0 Å². The molecular weight excluding hydrogens is 679 g/mol. The van der Waals surface area contributed by atoms with Gasteiger partial charge in [-0.3, -0.25) is 0 Å². The Bertz CT molecular complexity index is 3250. The zero-order valence-electron chi connectivity index (χ0n) is 30.6. The van der Waals surface area contributed by atoms with E-state index in [4.69, 9.17) is 4.42 Å². The summed E-state index contributed by atoms with van der Waals surface area (Å²) in [5, 5.41) is 9.61. The van der Waals surface area contributed by atoms with Gasteiger partial charge in [0, 0.05) is 27.8 Å². The molecule has 10 aromatic carbocycles. The first-order chi connectivity index (χ1) is 27.7. The minimum absolute atomic E-state index is 0.920. The van der Waals surface area contributed by atoms with Crippen LogP contribution in [0.2, 0.25) is 0 Å². The van der Waals surface area contributed by atoms with Gasteiger partial charge in [-0.15, -0.1) is 0 Å². The third-order valence-corrected chi connectivity index (χ3v) is 11.2. The summed E-state index contributed by atoms with van der Waals surface area (Å²) in [6.45, 7) is 0. The lowest BCUT2D eigenvalue weighted by Crippen LogP contribution is -2.10. The maximum atomic E-state index is 6.22. The van der Waals surface area contributed by atoms with E-state index < -0.39 is 0 Å². The van der Waals surface area contributed by atoms with Crippen LogP contribution in [0, 0.1) is 0 Å². The molecule has 0 aliphatic heterocycles. The molecular formula is C54H35NO. The minimum Gasteiger partial charge on any atom is -0.456 e. The van der Waals surface area contributed by atoms with E-state index in [9.17, 15) is 0 Å². The van der Waals surface area contributed by atoms with Crippen LogP contribution in [0.5, 0.6) is 0 Å². The normalized spacial score (nSPS) is 11.6. The van der Waals surface area contributed by atoms with Crippen LogP contribution in [0.15, 0.2) is 217 Å². The number of fused-ring (bicyclic) bond motifs is 7. The van der Waals surface area contributed by atoms with Gasteiger partial charge in [0.05, 0.1) is 0 Å². The predicted octanol–water partition coefficient (Wildman–Crippen LogP) is 15.5. The van der Waals surface area contributed by atoms with Gasteiger partial charge in [0.15, 0.2) is 0 Å². The Balaban J connectivity index is 1.00. The van der Waals surface area contributed by atoms with E-state index >= 15 is 0 Å². The number of hydrogen-bond acceptors (Lipinski definition) is 2. The third-order valence-electron chi connectivity index (χ3n) is 11.2. The maximum absolute atomic E-state index is 6.22. The molecule has 0 N–H and O–H groups in total. The van der Waals surface area contributed by atoms with Crippen molar-refractivity contribution >= 4 is 71.3 Å². The Morgan fingerprint density at radius 3 is 1.64 bits per heavy atom. The standard InChI is InChI=1S/C54H35NO/c1-2-9-36(10-3-1)38-23-27-47(28-24-38)55(48-14-8-13-41(33-48)42-19-17-37-11-4-5-12-40(37)31-42)49-29-25-44-32-43(21-22-45(44)34-49)46-20-18-39-26-30-53-54(51(39)35-46)50-15-6-7-16-52(50)56-53/h1-35H. The van der Waals surface area contributed by atoms with E-state index in [0.29, 0.717) is 0 Å². The van der Waals surface area contributed by atoms with Crippen molar-refractivity contribution in [3.63, 3.8) is 0 Å². The van der Waals surface area contributed by atoms with Crippen LogP contribution in [0.3, 0.4) is 0 Å². The molecule has 0 spiro atoms. The fourth-order valence-corrected chi connectivity index (χ4v) is 8.35. The van der Waals surface area contributed by atoms with E-state index in [1.54, 1.807) is 0 Å². The molecule has 0 aliphatic rings. The first-order valence-corrected chi connectivity index (χ1v) is 19.2. The van der Waals surface area contributed by atoms with Crippen molar-refractivity contribution in [3.05, 3.63) is 212 Å². The third kappa shape index (κ3) is 5.59. The number of nitrogens with zero attached hydrogens (tertiary/aromatic N) is 1. The molecule has 0 atom stereocenters. The zero-order valence-corrected chi connectivity index (χ0v) is 30.6. The topological polar surface area (TPSA) is 16.4 Å². The Morgan fingerprint density at radius 1 is 0.268 bits per heavy atom. The highest BCUT2D eigenvalue weighted by atomic mass is 16.3. The summed E-state index contributed by atoms with van der Waals surface area (Å²) in [5.74, 6) is 0. The lowest BCUT2D eigenvalue weighted by Gasteiger charge is -2.26. The highest BCUT2D eigenvalue weighted by molar-refractivity contribution is 6.19. The molecule has 0 saturated carbocycles. The Morgan fingerprint density at radius 2 is 0.804 bits per heavy atom. The van der Waals surface area contributed by atoms with Crippen molar-refractivity contribution in [2.24, 2.45) is 0 Å². The molecule has 0 bridgehead atoms. The van der Waals surface area contributed by atoms with Gasteiger partial charge < -0.3 is 9.32 Å². The number of anilines is 3. The zero-order chi connectivity index (χ0) is 37.0. The highest BCUT2D eigenvalue weighted by Gasteiger charge is 2.16. The molecule has 262 valence electrons. The summed E-state index contributed by atoms with van der Waals surface area (Å²) in [5.41, 5.74) is 12.3. The minimum atomic E-state index is 0.920. The van der Waals surface area contributed by atoms with E-state index in [1.807, 2.05) is 12.1 Å². The number of rotatable bonds is 6. The van der Waals surface area contributed by atoms with Crippen molar-refractivity contribution in [1.29, 1.82) is 0 Å². The summed E-state index contributed by atoms with van der Waals surface area (Å²) in [7, 11) is 0. The molecule has 0 aliphatic carbocycles. The molecule has 1 heterocycles. The quantitative estimate of drug-likeness (QED) is 0.171. The van der Waals surface area contributed by atoms with Crippen LogP contribution in [0.1, 0.15) is 0 Å². The smallest absolute Gasteiger partial charge is 0.136 e. The van der Waals surface area contributed by atoms with Gasteiger partial charge in [0.2, 0.25) is 0 Å². The molecule has 56 heavy (non-hydrogen) atoms. The van der Waals surface area contributed by atoms with E-state index in [1.165, 1.54) is 71.1 Å². The van der Waals surface area contributed by atoms with Gasteiger partial charge in [-0.2, -0.15) is 0 Å². The maximum Gasteiger partial charge on any atom is 0.136 e. The van der Waals surface area contributed by atoms with Gasteiger partial charge in [-0.05, 0) is 132 Å². The first kappa shape index (κ1) is 32.0. The second kappa shape index (κ2) is 13.2. The van der Waals surface area contributed by atoms with Gasteiger partial charge in [0.25, 0.3) is 0 Å². The Labute approximate surface area is 325 Å². The fourth-order valence-electron chi connectivity index (χ4n) is 8.35. The van der Waals surface area contributed by atoms with E-state index in [0.717, 1.165) is 33.6 Å². The van der Waals surface area contributed by atoms with Crippen molar-refractivity contribution in [2.45, 2.75) is 0 Å². The van der Waals surface area contributed by atoms with E-state index in [2.05, 4.69) is 205 Å². The second-order valence-corrected chi connectivity index (χ2v) is 14.6. The monoisotopic (exact) mass is 713 g/mol. The molecule has 0 fully saturated rings. The van der Waals surface area contributed by atoms with Crippen LogP contribution < -0.4 is 4.90 Å². The summed E-state index contributed by atoms with van der Waals surface area (Å²) < 4.78 is 6.22. The van der Waals surface area contributed by atoms with Crippen LogP contribution in [-0.4, -0.2) is 0 Å². The molecule has 0 unspecified atom stereocenters. The fraction of sp³-hybridized carbons (Fsp3) is 0. The molecule has 0 radical (unpaired) electrons. The van der Waals surface area contributed by atoms with Gasteiger partial charge in [-0.1, -0.05) is 146 Å². The Hall–Kier alpha value is -7.42. The molecule has 2 heteroatoms. The second-order valence-electron chi connectivity index (χ2n) is 14.6. The number of furan rings is 1. The molecule has 11 aromatic rings. The van der Waals surface area contributed by atoms with Crippen molar-refractivity contribution in [2.75, 3.05) is 4.90 Å².